The van der Waals surface area contributed by atoms with E-state index in [0.717, 1.165) is 24.2 Å². The van der Waals surface area contributed by atoms with E-state index in [2.05, 4.69) is 0 Å². The molecule has 0 bridgehead atoms. The number of rotatable bonds is 4. The van der Waals surface area contributed by atoms with Crippen molar-refractivity contribution in [1.29, 1.82) is 0 Å². The minimum Gasteiger partial charge on any atom is -0.462 e. The fourth-order valence-electron chi connectivity index (χ4n) is 2.33. The maximum atomic E-state index is 11.9. The summed E-state index contributed by atoms with van der Waals surface area (Å²) >= 11 is 0.956. The average Bonchev–Trinajstić information content (AvgIpc) is 2.93. The van der Waals surface area contributed by atoms with Gasteiger partial charge in [-0.1, -0.05) is 12.8 Å². The normalized spacial score (nSPS) is 16.7. The van der Waals surface area contributed by atoms with E-state index in [0.29, 0.717) is 23.7 Å². The van der Waals surface area contributed by atoms with Crippen molar-refractivity contribution >= 4 is 27.3 Å². The molecule has 106 valence electrons. The van der Waals surface area contributed by atoms with Crippen LogP contribution in [0.1, 0.15) is 41.6 Å². The molecule has 1 aromatic heterocycles. The predicted octanol–water partition coefficient (Wildman–Crippen LogP) is 2.05. The van der Waals surface area contributed by atoms with Gasteiger partial charge in [0.1, 0.15) is 4.21 Å². The summed E-state index contributed by atoms with van der Waals surface area (Å²) in [5.74, 6) is -0.0175. The highest BCUT2D eigenvalue weighted by Gasteiger charge is 2.23. The first-order chi connectivity index (χ1) is 8.89. The number of esters is 1. The van der Waals surface area contributed by atoms with Gasteiger partial charge in [-0.3, -0.25) is 0 Å². The highest BCUT2D eigenvalue weighted by Crippen LogP contribution is 2.28. The Hall–Kier alpha value is -0.920. The van der Waals surface area contributed by atoms with Crippen LogP contribution >= 0.6 is 11.3 Å². The lowest BCUT2D eigenvalue weighted by molar-refractivity contribution is 0.0442. The standard InChI is InChI=1S/C12H17NO4S2/c1-8-10(7-18-12(8)19(13,15)16)11(14)17-6-9-4-2-3-5-9/h7,9H,2-6H2,1H3,(H2,13,15,16). The molecule has 1 fully saturated rings. The van der Waals surface area contributed by atoms with Gasteiger partial charge < -0.3 is 4.74 Å². The summed E-state index contributed by atoms with van der Waals surface area (Å²) in [4.78, 5) is 11.9. The van der Waals surface area contributed by atoms with Crippen molar-refractivity contribution < 1.29 is 17.9 Å². The van der Waals surface area contributed by atoms with Crippen molar-refractivity contribution in [2.24, 2.45) is 11.1 Å². The van der Waals surface area contributed by atoms with E-state index in [-0.39, 0.29) is 4.21 Å². The third kappa shape index (κ3) is 3.34. The molecule has 2 N–H and O–H groups in total. The van der Waals surface area contributed by atoms with Gasteiger partial charge in [-0.15, -0.1) is 11.3 Å². The maximum absolute atomic E-state index is 11.9. The SMILES string of the molecule is Cc1c(C(=O)OCC2CCCC2)csc1S(N)(=O)=O. The Balaban J connectivity index is 2.05. The average molecular weight is 303 g/mol. The molecule has 1 aliphatic carbocycles. The molecule has 0 unspecified atom stereocenters. The van der Waals surface area contributed by atoms with Crippen LogP contribution in [-0.4, -0.2) is 21.0 Å². The number of nitrogens with two attached hydrogens (primary N) is 1. The number of hydrogen-bond acceptors (Lipinski definition) is 5. The van der Waals surface area contributed by atoms with Gasteiger partial charge in [-0.05, 0) is 31.2 Å². The molecule has 5 nitrogen and oxygen atoms in total. The molecule has 0 aromatic carbocycles. The summed E-state index contributed by atoms with van der Waals surface area (Å²) in [7, 11) is -3.77. The zero-order valence-electron chi connectivity index (χ0n) is 10.7. The number of primary sulfonamides is 1. The first-order valence-corrected chi connectivity index (χ1v) is 8.60. The van der Waals surface area contributed by atoms with E-state index in [4.69, 9.17) is 9.88 Å². The largest absolute Gasteiger partial charge is 0.462 e. The van der Waals surface area contributed by atoms with Crippen molar-refractivity contribution in [2.45, 2.75) is 36.8 Å². The van der Waals surface area contributed by atoms with Gasteiger partial charge in [0.25, 0.3) is 0 Å². The lowest BCUT2D eigenvalue weighted by atomic mass is 10.1. The quantitative estimate of drug-likeness (QED) is 0.862. The van der Waals surface area contributed by atoms with Gasteiger partial charge in [-0.25, -0.2) is 18.4 Å². The summed E-state index contributed by atoms with van der Waals surface area (Å²) < 4.78 is 27.9. The minimum absolute atomic E-state index is 0.0281. The molecule has 0 atom stereocenters. The van der Waals surface area contributed by atoms with Gasteiger partial charge in [0.15, 0.2) is 0 Å². The second-order valence-corrected chi connectivity index (χ2v) is 7.49. The Labute approximate surface area is 116 Å². The Morgan fingerprint density at radius 2 is 2.11 bits per heavy atom. The topological polar surface area (TPSA) is 86.5 Å². The smallest absolute Gasteiger partial charge is 0.339 e. The van der Waals surface area contributed by atoms with E-state index in [1.165, 1.54) is 18.2 Å². The van der Waals surface area contributed by atoms with Crippen LogP contribution in [0.2, 0.25) is 0 Å². The molecule has 0 aliphatic heterocycles. The fraction of sp³-hybridized carbons (Fsp3) is 0.583. The molecule has 0 radical (unpaired) electrons. The van der Waals surface area contributed by atoms with E-state index in [1.54, 1.807) is 6.92 Å². The summed E-state index contributed by atoms with van der Waals surface area (Å²) in [5, 5.41) is 6.57. The molecule has 19 heavy (non-hydrogen) atoms. The van der Waals surface area contributed by atoms with Crippen molar-refractivity contribution in [1.82, 2.24) is 0 Å². The molecule has 2 rings (SSSR count). The number of hydrogen-bond donors (Lipinski definition) is 1. The highest BCUT2D eigenvalue weighted by atomic mass is 32.2. The Kier molecular flexibility index (Phi) is 4.27. The maximum Gasteiger partial charge on any atom is 0.339 e. The highest BCUT2D eigenvalue weighted by molar-refractivity contribution is 7.91. The Morgan fingerprint density at radius 1 is 1.47 bits per heavy atom. The van der Waals surface area contributed by atoms with Gasteiger partial charge in [0, 0.05) is 5.38 Å². The van der Waals surface area contributed by atoms with E-state index >= 15 is 0 Å². The number of carbonyl (C=O) groups is 1. The minimum atomic E-state index is -3.77. The van der Waals surface area contributed by atoms with E-state index in [9.17, 15) is 13.2 Å². The van der Waals surface area contributed by atoms with Crippen LogP contribution in [0.3, 0.4) is 0 Å². The first kappa shape index (κ1) is 14.5. The second-order valence-electron chi connectivity index (χ2n) is 4.86. The molecule has 0 spiro atoms. The van der Waals surface area contributed by atoms with Crippen LogP contribution in [-0.2, 0) is 14.8 Å². The molecule has 0 saturated heterocycles. The Morgan fingerprint density at radius 3 is 2.63 bits per heavy atom. The van der Waals surface area contributed by atoms with Crippen LogP contribution in [0, 0.1) is 12.8 Å². The first-order valence-electron chi connectivity index (χ1n) is 6.17. The van der Waals surface area contributed by atoms with Crippen LogP contribution in [0.25, 0.3) is 0 Å². The summed E-state index contributed by atoms with van der Waals surface area (Å²) in [5.41, 5.74) is 0.677. The van der Waals surface area contributed by atoms with E-state index in [1.807, 2.05) is 0 Å². The number of carbonyl (C=O) groups excluding carboxylic acids is 1. The summed E-state index contributed by atoms with van der Waals surface area (Å²) in [6.45, 7) is 1.99. The van der Waals surface area contributed by atoms with Gasteiger partial charge in [-0.2, -0.15) is 0 Å². The monoisotopic (exact) mass is 303 g/mol. The Bertz CT molecular complexity index is 571. The zero-order valence-corrected chi connectivity index (χ0v) is 12.4. The van der Waals surface area contributed by atoms with Crippen molar-refractivity contribution in [2.75, 3.05) is 6.61 Å². The molecular weight excluding hydrogens is 286 g/mol. The van der Waals surface area contributed by atoms with Crippen LogP contribution in [0.5, 0.6) is 0 Å². The van der Waals surface area contributed by atoms with Gasteiger partial charge >= 0.3 is 5.97 Å². The van der Waals surface area contributed by atoms with Crippen molar-refractivity contribution in [3.05, 3.63) is 16.5 Å². The van der Waals surface area contributed by atoms with Gasteiger partial charge in [0.05, 0.1) is 12.2 Å². The summed E-state index contributed by atoms with van der Waals surface area (Å²) in [6, 6.07) is 0. The predicted molar refractivity (Wildman–Crippen MR) is 72.7 cm³/mol. The van der Waals surface area contributed by atoms with Crippen LogP contribution < -0.4 is 5.14 Å². The van der Waals surface area contributed by atoms with Crippen LogP contribution in [0.4, 0.5) is 0 Å². The van der Waals surface area contributed by atoms with Crippen molar-refractivity contribution in [3.8, 4) is 0 Å². The number of sulfonamides is 1. The van der Waals surface area contributed by atoms with Gasteiger partial charge in [0.2, 0.25) is 10.0 Å². The molecule has 1 heterocycles. The fourth-order valence-corrected chi connectivity index (χ4v) is 4.33. The van der Waals surface area contributed by atoms with E-state index < -0.39 is 16.0 Å². The molecule has 1 saturated carbocycles. The second kappa shape index (κ2) is 5.60. The third-order valence-electron chi connectivity index (χ3n) is 3.40. The zero-order chi connectivity index (χ0) is 14.0. The van der Waals surface area contributed by atoms with Crippen molar-refractivity contribution in [3.63, 3.8) is 0 Å². The summed E-state index contributed by atoms with van der Waals surface area (Å²) in [6.07, 6.45) is 4.57. The molecular formula is C12H17NO4S2. The molecule has 0 amide bonds. The number of thiophene rings is 1. The molecule has 7 heteroatoms. The lowest BCUT2D eigenvalue weighted by Gasteiger charge is -2.09. The molecule has 1 aromatic rings. The lowest BCUT2D eigenvalue weighted by Crippen LogP contribution is -2.14. The number of ether oxygens (including phenoxy) is 1. The third-order valence-corrected chi connectivity index (χ3v) is 6.08. The molecule has 1 aliphatic rings. The van der Waals surface area contributed by atoms with Crippen LogP contribution in [0.15, 0.2) is 9.59 Å².